The molecule has 30 heavy (non-hydrogen) atoms. The van der Waals surface area contributed by atoms with Gasteiger partial charge in [-0.15, -0.1) is 35.3 Å². The zero-order chi connectivity index (χ0) is 20.5. The largest absolute Gasteiger partial charge is 0.356 e. The molecular weight excluding hydrogens is 509 g/mol. The van der Waals surface area contributed by atoms with Gasteiger partial charge in [0.25, 0.3) is 0 Å². The highest BCUT2D eigenvalue weighted by Gasteiger charge is 2.25. The Bertz CT molecular complexity index is 640. The molecule has 1 saturated carbocycles. The van der Waals surface area contributed by atoms with E-state index < -0.39 is 0 Å². The number of hydrogen-bond acceptors (Lipinski definition) is 4. The number of amides is 1. The summed E-state index contributed by atoms with van der Waals surface area (Å²) in [7, 11) is 1.79. The second-order valence-electron chi connectivity index (χ2n) is 8.43. The van der Waals surface area contributed by atoms with Crippen LogP contribution in [0, 0.1) is 5.92 Å². The lowest BCUT2D eigenvalue weighted by molar-refractivity contribution is -0.121. The van der Waals surface area contributed by atoms with Gasteiger partial charge in [-0.05, 0) is 56.1 Å². The number of carbonyl (C=O) groups is 1. The minimum absolute atomic E-state index is 0. The van der Waals surface area contributed by atoms with Crippen LogP contribution in [-0.2, 0) is 4.79 Å². The molecule has 1 aliphatic carbocycles. The maximum Gasteiger partial charge on any atom is 0.221 e. The van der Waals surface area contributed by atoms with E-state index in [9.17, 15) is 4.79 Å². The van der Waals surface area contributed by atoms with E-state index in [0.29, 0.717) is 25.0 Å². The topological polar surface area (TPSA) is 68.8 Å². The number of guanidine groups is 1. The molecule has 1 saturated heterocycles. The Morgan fingerprint density at radius 3 is 2.60 bits per heavy atom. The predicted molar refractivity (Wildman–Crippen MR) is 137 cm³/mol. The fraction of sp³-hybridized carbons (Fsp3) is 0.727. The second-order valence-corrected chi connectivity index (χ2v) is 9.41. The van der Waals surface area contributed by atoms with Crippen molar-refractivity contribution in [2.75, 3.05) is 33.2 Å². The number of rotatable bonds is 8. The van der Waals surface area contributed by atoms with Crippen molar-refractivity contribution in [1.82, 2.24) is 20.9 Å². The maximum atomic E-state index is 12.1. The number of halogens is 1. The van der Waals surface area contributed by atoms with Crippen molar-refractivity contribution in [1.29, 1.82) is 0 Å². The summed E-state index contributed by atoms with van der Waals surface area (Å²) in [6.07, 6.45) is 7.75. The Kier molecular flexibility index (Phi) is 11.4. The normalized spacial score (nSPS) is 19.9. The first-order chi connectivity index (χ1) is 14.2. The number of thiophene rings is 1. The molecule has 0 radical (unpaired) electrons. The van der Waals surface area contributed by atoms with Crippen molar-refractivity contribution < 1.29 is 4.79 Å². The highest BCUT2D eigenvalue weighted by atomic mass is 127. The van der Waals surface area contributed by atoms with Gasteiger partial charge in [0, 0.05) is 37.5 Å². The van der Waals surface area contributed by atoms with Gasteiger partial charge in [-0.25, -0.2) is 0 Å². The monoisotopic (exact) mass is 547 g/mol. The van der Waals surface area contributed by atoms with Crippen LogP contribution in [0.25, 0.3) is 0 Å². The lowest BCUT2D eigenvalue weighted by atomic mass is 9.97. The van der Waals surface area contributed by atoms with Crippen LogP contribution in [-0.4, -0.2) is 56.0 Å². The second kappa shape index (κ2) is 13.5. The van der Waals surface area contributed by atoms with Crippen LogP contribution in [0.1, 0.15) is 62.8 Å². The molecule has 1 atom stereocenters. The van der Waals surface area contributed by atoms with Crippen LogP contribution in [0.15, 0.2) is 22.5 Å². The van der Waals surface area contributed by atoms with Gasteiger partial charge < -0.3 is 16.0 Å². The third-order valence-electron chi connectivity index (χ3n) is 6.18. The minimum atomic E-state index is 0. The molecule has 3 N–H and O–H groups in total. The Morgan fingerprint density at radius 1 is 1.23 bits per heavy atom. The van der Waals surface area contributed by atoms with Gasteiger partial charge >= 0.3 is 0 Å². The highest BCUT2D eigenvalue weighted by Crippen LogP contribution is 2.29. The SMILES string of the molecule is CN=C(NCCC(=O)NC1CCCC1)NCC(c1cccs1)N1CCC(C)CC1.I. The fourth-order valence-electron chi connectivity index (χ4n) is 4.31. The van der Waals surface area contributed by atoms with E-state index in [0.717, 1.165) is 44.4 Å². The zero-order valence-corrected chi connectivity index (χ0v) is 21.5. The molecule has 170 valence electrons. The standard InChI is InChI=1S/C22H37N5OS.HI/c1-17-10-13-27(14-11-17)19(20-8-5-15-29-20)16-25-22(23-2)24-12-9-21(28)26-18-6-3-4-7-18;/h5,8,15,17-19H,3-4,6-7,9-14,16H2,1-2H3,(H,26,28)(H2,23,24,25);1H. The van der Waals surface area contributed by atoms with Gasteiger partial charge in [0.1, 0.15) is 0 Å². The summed E-state index contributed by atoms with van der Waals surface area (Å²) in [6.45, 7) is 6.08. The summed E-state index contributed by atoms with van der Waals surface area (Å²) < 4.78 is 0. The van der Waals surface area contributed by atoms with E-state index >= 15 is 0 Å². The average Bonchev–Trinajstić information content (AvgIpc) is 3.42. The van der Waals surface area contributed by atoms with Crippen molar-refractivity contribution >= 4 is 47.2 Å². The minimum Gasteiger partial charge on any atom is -0.356 e. The van der Waals surface area contributed by atoms with Crippen LogP contribution in [0.4, 0.5) is 0 Å². The first-order valence-electron chi connectivity index (χ1n) is 11.2. The van der Waals surface area contributed by atoms with Gasteiger partial charge in [-0.3, -0.25) is 14.7 Å². The zero-order valence-electron chi connectivity index (χ0n) is 18.4. The Morgan fingerprint density at radius 2 is 1.97 bits per heavy atom. The molecule has 1 amide bonds. The molecule has 0 aromatic carbocycles. The number of carbonyl (C=O) groups excluding carboxylic acids is 1. The molecule has 1 aromatic heterocycles. The third-order valence-corrected chi connectivity index (χ3v) is 7.16. The summed E-state index contributed by atoms with van der Waals surface area (Å²) in [4.78, 5) is 20.5. The van der Waals surface area contributed by atoms with Gasteiger partial charge in [0.2, 0.25) is 5.91 Å². The van der Waals surface area contributed by atoms with E-state index in [1.165, 1.54) is 30.6 Å². The fourth-order valence-corrected chi connectivity index (χ4v) is 5.17. The molecule has 8 heteroatoms. The van der Waals surface area contributed by atoms with Crippen LogP contribution in [0.5, 0.6) is 0 Å². The molecule has 0 spiro atoms. The van der Waals surface area contributed by atoms with E-state index in [4.69, 9.17) is 0 Å². The summed E-state index contributed by atoms with van der Waals surface area (Å²) in [5.41, 5.74) is 0. The molecule has 1 unspecified atom stereocenters. The summed E-state index contributed by atoms with van der Waals surface area (Å²) >= 11 is 1.83. The van der Waals surface area contributed by atoms with Crippen molar-refractivity contribution in [3.05, 3.63) is 22.4 Å². The number of likely N-dealkylation sites (tertiary alicyclic amines) is 1. The molecule has 6 nitrogen and oxygen atoms in total. The molecular formula is C22H38IN5OS. The van der Waals surface area contributed by atoms with Crippen LogP contribution in [0.3, 0.4) is 0 Å². The Balaban J connectivity index is 0.00000320. The van der Waals surface area contributed by atoms with Crippen molar-refractivity contribution in [3.63, 3.8) is 0 Å². The van der Waals surface area contributed by atoms with Crippen molar-refractivity contribution in [2.24, 2.45) is 10.9 Å². The lowest BCUT2D eigenvalue weighted by Crippen LogP contribution is -2.45. The summed E-state index contributed by atoms with van der Waals surface area (Å²) in [6, 6.07) is 5.12. The Labute approximate surface area is 202 Å². The number of nitrogens with zero attached hydrogens (tertiary/aromatic N) is 2. The van der Waals surface area contributed by atoms with Crippen LogP contribution >= 0.6 is 35.3 Å². The number of hydrogen-bond donors (Lipinski definition) is 3. The molecule has 2 fully saturated rings. The lowest BCUT2D eigenvalue weighted by Gasteiger charge is -2.36. The van der Waals surface area contributed by atoms with Crippen LogP contribution in [0.2, 0.25) is 0 Å². The smallest absolute Gasteiger partial charge is 0.221 e. The first-order valence-corrected chi connectivity index (χ1v) is 12.0. The van der Waals surface area contributed by atoms with Crippen LogP contribution < -0.4 is 16.0 Å². The number of nitrogens with one attached hydrogen (secondary N) is 3. The quantitative estimate of drug-likeness (QED) is 0.264. The summed E-state index contributed by atoms with van der Waals surface area (Å²) in [5, 5.41) is 12.1. The van der Waals surface area contributed by atoms with Gasteiger partial charge in [0.05, 0.1) is 6.04 Å². The van der Waals surface area contributed by atoms with Gasteiger partial charge in [-0.1, -0.05) is 25.8 Å². The molecule has 1 aliphatic heterocycles. The van der Waals surface area contributed by atoms with E-state index in [1.54, 1.807) is 7.05 Å². The van der Waals surface area contributed by atoms with Crippen molar-refractivity contribution in [3.8, 4) is 0 Å². The number of aliphatic imine (C=N–C) groups is 1. The molecule has 2 aliphatic rings. The van der Waals surface area contributed by atoms with Gasteiger partial charge in [-0.2, -0.15) is 0 Å². The number of piperidine rings is 1. The Hall–Kier alpha value is -0.870. The molecule has 0 bridgehead atoms. The van der Waals surface area contributed by atoms with Crippen molar-refractivity contribution in [2.45, 2.75) is 64.0 Å². The van der Waals surface area contributed by atoms with E-state index in [-0.39, 0.29) is 29.9 Å². The van der Waals surface area contributed by atoms with Gasteiger partial charge in [0.15, 0.2) is 5.96 Å². The molecule has 1 aromatic rings. The predicted octanol–water partition coefficient (Wildman–Crippen LogP) is 3.75. The average molecular weight is 548 g/mol. The van der Waals surface area contributed by atoms with E-state index in [1.807, 2.05) is 11.3 Å². The molecule has 2 heterocycles. The summed E-state index contributed by atoms with van der Waals surface area (Å²) in [5.74, 6) is 1.73. The van der Waals surface area contributed by atoms with E-state index in [2.05, 4.69) is 50.3 Å². The maximum absolute atomic E-state index is 12.1. The highest BCUT2D eigenvalue weighted by molar-refractivity contribution is 14.0. The third kappa shape index (κ3) is 8.00. The first kappa shape index (κ1) is 25.4. The molecule has 3 rings (SSSR count).